The Morgan fingerprint density at radius 3 is 1.81 bits per heavy atom. The van der Waals surface area contributed by atoms with Crippen molar-refractivity contribution in [1.82, 2.24) is 0 Å². The van der Waals surface area contributed by atoms with Crippen LogP contribution in [0.15, 0.2) is 39.0 Å². The molecule has 2 rings (SSSR count). The van der Waals surface area contributed by atoms with Gasteiger partial charge in [-0.3, -0.25) is 14.7 Å². The van der Waals surface area contributed by atoms with Crippen LogP contribution in [0.5, 0.6) is 0 Å². The Morgan fingerprint density at radius 1 is 0.875 bits per heavy atom. The van der Waals surface area contributed by atoms with Gasteiger partial charge in [-0.1, -0.05) is 21.6 Å². The summed E-state index contributed by atoms with van der Waals surface area (Å²) in [6, 6.07) is 5.75. The average Bonchev–Trinajstić information content (AvgIpc) is 2.67. The van der Waals surface area contributed by atoms with Gasteiger partial charge in [0.05, 0.1) is 11.1 Å². The molecule has 0 spiro atoms. The zero-order valence-electron chi connectivity index (χ0n) is 16.3. The maximum Gasteiger partial charge on any atom is 0.417 e. The van der Waals surface area contributed by atoms with Gasteiger partial charge in [-0.05, 0) is 42.3 Å². The van der Waals surface area contributed by atoms with E-state index in [-0.39, 0.29) is 10.8 Å². The van der Waals surface area contributed by atoms with Crippen LogP contribution in [0.4, 0.5) is 26.3 Å². The third-order valence-corrected chi connectivity index (χ3v) is 7.70. The van der Waals surface area contributed by atoms with Crippen LogP contribution in [0.25, 0.3) is 0 Å². The Labute approximate surface area is 188 Å². The first-order valence-corrected chi connectivity index (χ1v) is 12.2. The molecule has 14 heteroatoms. The second kappa shape index (κ2) is 10.8. The summed E-state index contributed by atoms with van der Waals surface area (Å²) in [6.07, 6.45) is -9.00. The lowest BCUT2D eigenvalue weighted by molar-refractivity contribution is -0.259. The van der Waals surface area contributed by atoms with Gasteiger partial charge in [-0.15, -0.1) is 0 Å². The molecule has 0 radical (unpaired) electrons. The van der Waals surface area contributed by atoms with Crippen molar-refractivity contribution in [3.8, 4) is 0 Å². The maximum absolute atomic E-state index is 14.0. The van der Waals surface area contributed by atoms with E-state index in [1.54, 1.807) is 0 Å². The minimum Gasteiger partial charge on any atom is -0.255 e. The fraction of sp³-hybridized carbons (Fsp3) is 0.333. The molecule has 0 fully saturated rings. The van der Waals surface area contributed by atoms with Gasteiger partial charge in [0, 0.05) is 37.3 Å². The summed E-state index contributed by atoms with van der Waals surface area (Å²) in [5, 5.41) is 17.5. The molecular weight excluding hydrogens is 506 g/mol. The number of benzene rings is 2. The van der Waals surface area contributed by atoms with Gasteiger partial charge in [0.2, 0.25) is 0 Å². The van der Waals surface area contributed by atoms with Crippen LogP contribution in [-0.4, -0.2) is 21.0 Å². The number of hydrogen-bond acceptors (Lipinski definition) is 7. The second-order valence-electron chi connectivity index (χ2n) is 6.30. The average molecular weight is 523 g/mol. The summed E-state index contributed by atoms with van der Waals surface area (Å²) >= 11 is 0. The number of halogens is 6. The molecule has 178 valence electrons. The molecule has 0 heterocycles. The summed E-state index contributed by atoms with van der Waals surface area (Å²) in [5.41, 5.74) is -5.20. The Kier molecular flexibility index (Phi) is 9.06. The van der Waals surface area contributed by atoms with E-state index < -0.39 is 69.1 Å². The third-order valence-electron chi connectivity index (χ3n) is 4.31. The molecule has 2 N–H and O–H groups in total. The zero-order chi connectivity index (χ0) is 24.3. The van der Waals surface area contributed by atoms with Gasteiger partial charge >= 0.3 is 12.4 Å². The van der Waals surface area contributed by atoms with E-state index in [0.29, 0.717) is 20.6 Å². The number of alkyl halides is 6. The number of rotatable bonds is 8. The van der Waals surface area contributed by atoms with Crippen LogP contribution in [0.1, 0.15) is 27.8 Å². The molecule has 0 saturated carbocycles. The minimum absolute atomic E-state index is 0.236. The van der Waals surface area contributed by atoms with Gasteiger partial charge < -0.3 is 0 Å². The molecule has 2 aromatic rings. The molecule has 0 aliphatic rings. The number of hydrogen-bond donors (Lipinski definition) is 2. The standard InChI is InChI=1S/C18H16F6O5S3/c1-9-12(7-28-25)13(8-29-26)15(18(22,23)24)16(14(9)17(19,20)21)31-30-10-3-5-11(6-4-10)32(2)27/h3-6,25-26H,7-8H2,1-2H3. The zero-order valence-corrected chi connectivity index (χ0v) is 18.8. The molecule has 5 nitrogen and oxygen atoms in total. The van der Waals surface area contributed by atoms with Gasteiger partial charge in [0.1, 0.15) is 13.2 Å². The summed E-state index contributed by atoms with van der Waals surface area (Å²) in [4.78, 5) is 7.29. The monoisotopic (exact) mass is 522 g/mol. The predicted octanol–water partition coefficient (Wildman–Crippen LogP) is 6.55. The fourth-order valence-corrected chi connectivity index (χ4v) is 5.94. The lowest BCUT2D eigenvalue weighted by Gasteiger charge is -2.26. The maximum atomic E-state index is 14.0. The van der Waals surface area contributed by atoms with Gasteiger partial charge in [0.15, 0.2) is 0 Å². The quantitative estimate of drug-likeness (QED) is 0.176. The van der Waals surface area contributed by atoms with Crippen molar-refractivity contribution in [3.63, 3.8) is 0 Å². The highest BCUT2D eigenvalue weighted by Gasteiger charge is 2.45. The van der Waals surface area contributed by atoms with E-state index in [0.717, 1.165) is 6.92 Å². The molecule has 0 aromatic heterocycles. The normalized spacial score (nSPS) is 13.4. The van der Waals surface area contributed by atoms with Crippen molar-refractivity contribution >= 4 is 32.4 Å². The lowest BCUT2D eigenvalue weighted by Crippen LogP contribution is -2.21. The molecule has 0 aliphatic heterocycles. The van der Waals surface area contributed by atoms with Crippen molar-refractivity contribution in [1.29, 1.82) is 0 Å². The third kappa shape index (κ3) is 6.18. The summed E-state index contributed by atoms with van der Waals surface area (Å²) in [7, 11) is -0.426. The van der Waals surface area contributed by atoms with E-state index in [9.17, 15) is 30.6 Å². The molecule has 2 aromatic carbocycles. The van der Waals surface area contributed by atoms with E-state index in [1.165, 1.54) is 30.5 Å². The van der Waals surface area contributed by atoms with E-state index in [2.05, 4.69) is 9.78 Å². The first kappa shape index (κ1) is 27.0. The largest absolute Gasteiger partial charge is 0.417 e. The van der Waals surface area contributed by atoms with Crippen LogP contribution < -0.4 is 0 Å². The Balaban J connectivity index is 2.73. The summed E-state index contributed by atoms with van der Waals surface area (Å²) in [5.74, 6) is 0. The summed E-state index contributed by atoms with van der Waals surface area (Å²) < 4.78 is 94.9. The highest BCUT2D eigenvalue weighted by molar-refractivity contribution is 8.76. The van der Waals surface area contributed by atoms with Crippen molar-refractivity contribution in [2.24, 2.45) is 0 Å². The molecule has 0 amide bonds. The molecule has 1 unspecified atom stereocenters. The minimum atomic E-state index is -5.25. The van der Waals surface area contributed by atoms with Crippen molar-refractivity contribution in [2.45, 2.75) is 47.2 Å². The van der Waals surface area contributed by atoms with Crippen LogP contribution in [-0.2, 0) is 46.1 Å². The van der Waals surface area contributed by atoms with Gasteiger partial charge in [0.25, 0.3) is 0 Å². The summed E-state index contributed by atoms with van der Waals surface area (Å²) in [6.45, 7) is -1.12. The van der Waals surface area contributed by atoms with Crippen molar-refractivity contribution in [3.05, 3.63) is 52.1 Å². The lowest BCUT2D eigenvalue weighted by atomic mass is 9.91. The highest BCUT2D eigenvalue weighted by Crippen LogP contribution is 2.52. The smallest absolute Gasteiger partial charge is 0.255 e. The van der Waals surface area contributed by atoms with E-state index in [1.807, 2.05) is 0 Å². The van der Waals surface area contributed by atoms with E-state index >= 15 is 0 Å². The molecule has 32 heavy (non-hydrogen) atoms. The Hall–Kier alpha value is -1.29. The molecule has 0 saturated heterocycles. The van der Waals surface area contributed by atoms with Crippen molar-refractivity contribution < 1.29 is 50.8 Å². The topological polar surface area (TPSA) is 76.0 Å². The second-order valence-corrected chi connectivity index (χ2v) is 9.89. The van der Waals surface area contributed by atoms with Crippen LogP contribution >= 0.6 is 21.6 Å². The van der Waals surface area contributed by atoms with Gasteiger partial charge in [-0.2, -0.15) is 26.3 Å². The van der Waals surface area contributed by atoms with Crippen LogP contribution in [0.2, 0.25) is 0 Å². The van der Waals surface area contributed by atoms with Crippen LogP contribution in [0, 0.1) is 6.92 Å². The van der Waals surface area contributed by atoms with Crippen molar-refractivity contribution in [2.75, 3.05) is 6.26 Å². The molecular formula is C18H16F6O5S3. The first-order valence-electron chi connectivity index (χ1n) is 8.46. The van der Waals surface area contributed by atoms with E-state index in [4.69, 9.17) is 10.5 Å². The van der Waals surface area contributed by atoms with Crippen LogP contribution in [0.3, 0.4) is 0 Å². The highest BCUT2D eigenvalue weighted by atomic mass is 33.1. The predicted molar refractivity (Wildman–Crippen MR) is 107 cm³/mol. The Bertz CT molecular complexity index is 977. The molecule has 1 atom stereocenters. The first-order chi connectivity index (χ1) is 14.8. The van der Waals surface area contributed by atoms with Gasteiger partial charge in [-0.25, -0.2) is 9.78 Å². The fourth-order valence-electron chi connectivity index (χ4n) is 2.95. The Morgan fingerprint density at radius 2 is 1.38 bits per heavy atom. The molecule has 0 aliphatic carbocycles. The molecule has 0 bridgehead atoms. The SMILES string of the molecule is Cc1c(COO)c(COO)c(C(F)(F)F)c(SSc2ccc(S(C)=O)cc2)c1C(F)(F)F.